The van der Waals surface area contributed by atoms with Crippen molar-refractivity contribution < 1.29 is 0 Å². The quantitative estimate of drug-likeness (QED) is 0.546. The second-order valence-corrected chi connectivity index (χ2v) is 5.61. The van der Waals surface area contributed by atoms with Gasteiger partial charge >= 0.3 is 0 Å². The van der Waals surface area contributed by atoms with E-state index >= 15 is 0 Å². The first-order valence-corrected chi connectivity index (χ1v) is 7.41. The van der Waals surface area contributed by atoms with Crippen LogP contribution in [0.4, 0.5) is 0 Å². The maximum absolute atomic E-state index is 12.6. The van der Waals surface area contributed by atoms with E-state index in [9.17, 15) is 4.79 Å². The minimum absolute atomic E-state index is 0.212. The molecule has 0 saturated heterocycles. The molecule has 120 valence electrons. The zero-order valence-electron chi connectivity index (χ0n) is 12.5. The summed E-state index contributed by atoms with van der Waals surface area (Å²) in [5.41, 5.74) is 0.991. The van der Waals surface area contributed by atoms with E-state index in [2.05, 4.69) is 25.6 Å². The van der Waals surface area contributed by atoms with E-state index in [0.717, 1.165) is 5.69 Å². The Kier molecular flexibility index (Phi) is 3.35. The molecule has 0 unspecified atom stereocenters. The molecular weight excluding hydrogens is 332 g/mol. The fraction of sp³-hybridized carbons (Fsp3) is 0.143. The largest absolute Gasteiger partial charge is 0.291 e. The third kappa shape index (κ3) is 2.35. The van der Waals surface area contributed by atoms with Crippen molar-refractivity contribution in [2.45, 2.75) is 6.54 Å². The van der Waals surface area contributed by atoms with Gasteiger partial charge in [0.05, 0.1) is 18.4 Å². The van der Waals surface area contributed by atoms with E-state index in [1.807, 2.05) is 12.1 Å². The summed E-state index contributed by atoms with van der Waals surface area (Å²) >= 11 is 6.02. The summed E-state index contributed by atoms with van der Waals surface area (Å²) in [6.07, 6.45) is 2.96. The van der Waals surface area contributed by atoms with Gasteiger partial charge in [0.1, 0.15) is 11.7 Å². The van der Waals surface area contributed by atoms with Gasteiger partial charge < -0.3 is 0 Å². The number of aromatic nitrogens is 8. The van der Waals surface area contributed by atoms with Crippen LogP contribution in [0.3, 0.4) is 0 Å². The second-order valence-electron chi connectivity index (χ2n) is 5.17. The van der Waals surface area contributed by atoms with Gasteiger partial charge in [-0.2, -0.15) is 5.10 Å². The molecule has 0 radical (unpaired) electrons. The average Bonchev–Trinajstić information content (AvgIpc) is 3.17. The van der Waals surface area contributed by atoms with E-state index < -0.39 is 0 Å². The Labute approximate surface area is 140 Å². The lowest BCUT2D eigenvalue weighted by Crippen LogP contribution is -2.22. The topological polar surface area (TPSA) is 96.3 Å². The molecule has 0 atom stereocenters. The molecule has 0 aliphatic rings. The summed E-state index contributed by atoms with van der Waals surface area (Å²) in [6.45, 7) is 0.230. The van der Waals surface area contributed by atoms with Gasteiger partial charge in [-0.1, -0.05) is 17.7 Å². The highest BCUT2D eigenvalue weighted by Crippen LogP contribution is 2.17. The van der Waals surface area contributed by atoms with Gasteiger partial charge in [-0.05, 0) is 28.6 Å². The molecule has 0 amide bonds. The molecule has 4 aromatic rings. The van der Waals surface area contributed by atoms with Crippen molar-refractivity contribution in [3.05, 3.63) is 58.0 Å². The van der Waals surface area contributed by atoms with Crippen molar-refractivity contribution in [3.8, 4) is 5.69 Å². The Morgan fingerprint density at radius 1 is 1.29 bits per heavy atom. The molecule has 4 rings (SSSR count). The van der Waals surface area contributed by atoms with Gasteiger partial charge in [0.2, 0.25) is 0 Å². The lowest BCUT2D eigenvalue weighted by Gasteiger charge is -2.05. The number of halogens is 1. The van der Waals surface area contributed by atoms with E-state index in [0.29, 0.717) is 21.9 Å². The summed E-state index contributed by atoms with van der Waals surface area (Å²) in [7, 11) is 1.71. The van der Waals surface area contributed by atoms with Crippen LogP contribution in [0, 0.1) is 0 Å². The van der Waals surface area contributed by atoms with Crippen LogP contribution in [0.15, 0.2) is 41.6 Å². The van der Waals surface area contributed by atoms with Crippen LogP contribution in [0.2, 0.25) is 5.02 Å². The minimum Gasteiger partial charge on any atom is -0.291 e. The smallest absolute Gasteiger partial charge is 0.264 e. The van der Waals surface area contributed by atoms with Crippen molar-refractivity contribution in [1.29, 1.82) is 0 Å². The summed E-state index contributed by atoms with van der Waals surface area (Å²) in [6, 6.07) is 7.18. The fourth-order valence-corrected chi connectivity index (χ4v) is 2.58. The Hall–Kier alpha value is -3.07. The Morgan fingerprint density at radius 3 is 2.92 bits per heavy atom. The number of benzene rings is 1. The Morgan fingerprint density at radius 2 is 2.17 bits per heavy atom. The van der Waals surface area contributed by atoms with Crippen LogP contribution in [0.5, 0.6) is 0 Å². The number of tetrazole rings is 1. The number of rotatable bonds is 3. The zero-order chi connectivity index (χ0) is 16.7. The molecule has 10 heteroatoms. The van der Waals surface area contributed by atoms with Crippen molar-refractivity contribution in [2.24, 2.45) is 7.05 Å². The highest BCUT2D eigenvalue weighted by atomic mass is 35.5. The monoisotopic (exact) mass is 342 g/mol. The molecule has 0 spiro atoms. The van der Waals surface area contributed by atoms with Gasteiger partial charge in [-0.3, -0.25) is 9.36 Å². The molecule has 3 aromatic heterocycles. The Balaban J connectivity index is 1.81. The van der Waals surface area contributed by atoms with Crippen molar-refractivity contribution in [3.63, 3.8) is 0 Å². The molecule has 0 aliphatic carbocycles. The number of fused-ring (bicyclic) bond motifs is 1. The van der Waals surface area contributed by atoms with Crippen LogP contribution >= 0.6 is 11.6 Å². The van der Waals surface area contributed by atoms with Gasteiger partial charge in [0, 0.05) is 12.1 Å². The molecule has 0 saturated carbocycles. The number of hydrogen-bond donors (Lipinski definition) is 0. The van der Waals surface area contributed by atoms with Crippen LogP contribution in [0.25, 0.3) is 16.7 Å². The lowest BCUT2D eigenvalue weighted by molar-refractivity contribution is 0.631. The van der Waals surface area contributed by atoms with Crippen LogP contribution in [0.1, 0.15) is 5.82 Å². The summed E-state index contributed by atoms with van der Waals surface area (Å²) in [5, 5.41) is 16.4. The third-order valence-electron chi connectivity index (χ3n) is 3.63. The third-order valence-corrected chi connectivity index (χ3v) is 3.86. The highest BCUT2D eigenvalue weighted by Gasteiger charge is 2.13. The number of hydrogen-bond acceptors (Lipinski definition) is 6. The molecule has 9 nitrogen and oxygen atoms in total. The molecule has 1 aromatic carbocycles. The van der Waals surface area contributed by atoms with Crippen LogP contribution in [-0.4, -0.2) is 39.5 Å². The van der Waals surface area contributed by atoms with Crippen LogP contribution in [-0.2, 0) is 13.6 Å². The zero-order valence-corrected chi connectivity index (χ0v) is 13.3. The highest BCUT2D eigenvalue weighted by molar-refractivity contribution is 6.30. The first kappa shape index (κ1) is 14.5. The van der Waals surface area contributed by atoms with Gasteiger partial charge in [-0.15, -0.1) is 5.10 Å². The molecule has 3 heterocycles. The predicted molar refractivity (Wildman–Crippen MR) is 86.0 cm³/mol. The first-order chi connectivity index (χ1) is 11.6. The molecule has 0 aliphatic heterocycles. The SMILES string of the molecule is Cn1nnnc1Cn1cnc2c(cnn2-c2cccc(Cl)c2)c1=O. The van der Waals surface area contributed by atoms with Crippen molar-refractivity contribution >= 4 is 22.6 Å². The number of aryl methyl sites for hydroxylation is 1. The molecule has 0 fully saturated rings. The second kappa shape index (κ2) is 5.53. The van der Waals surface area contributed by atoms with E-state index in [1.165, 1.54) is 21.8 Å². The maximum atomic E-state index is 12.6. The van der Waals surface area contributed by atoms with Crippen LogP contribution < -0.4 is 5.56 Å². The number of nitrogens with zero attached hydrogens (tertiary/aromatic N) is 8. The molecule has 0 N–H and O–H groups in total. The Bertz CT molecular complexity index is 1100. The van der Waals surface area contributed by atoms with Gasteiger partial charge in [0.15, 0.2) is 11.5 Å². The molecule has 24 heavy (non-hydrogen) atoms. The van der Waals surface area contributed by atoms with Gasteiger partial charge in [0.25, 0.3) is 5.56 Å². The average molecular weight is 343 g/mol. The standard InChI is InChI=1S/C14H11ClN8O/c1-21-12(18-19-20-21)7-22-8-16-13-11(14(22)24)6-17-23(13)10-4-2-3-9(15)5-10/h2-6,8H,7H2,1H3. The molecule has 0 bridgehead atoms. The maximum Gasteiger partial charge on any atom is 0.264 e. The minimum atomic E-state index is -0.212. The van der Waals surface area contributed by atoms with Crippen molar-refractivity contribution in [1.82, 2.24) is 39.5 Å². The normalized spacial score (nSPS) is 11.2. The van der Waals surface area contributed by atoms with Crippen molar-refractivity contribution in [2.75, 3.05) is 0 Å². The van der Waals surface area contributed by atoms with Gasteiger partial charge in [-0.25, -0.2) is 14.3 Å². The summed E-state index contributed by atoms with van der Waals surface area (Å²) in [4.78, 5) is 17.0. The summed E-state index contributed by atoms with van der Waals surface area (Å²) < 4.78 is 4.53. The predicted octanol–water partition coefficient (Wildman–Crippen LogP) is 0.807. The molecular formula is C14H11ClN8O. The van der Waals surface area contributed by atoms with E-state index in [-0.39, 0.29) is 12.1 Å². The fourth-order valence-electron chi connectivity index (χ4n) is 2.39. The summed E-state index contributed by atoms with van der Waals surface area (Å²) in [5.74, 6) is 0.556. The van der Waals surface area contributed by atoms with E-state index in [4.69, 9.17) is 11.6 Å². The van der Waals surface area contributed by atoms with E-state index in [1.54, 1.807) is 23.9 Å². The first-order valence-electron chi connectivity index (χ1n) is 7.04. The lowest BCUT2D eigenvalue weighted by atomic mass is 10.3.